The van der Waals surface area contributed by atoms with Gasteiger partial charge in [-0.15, -0.1) is 5.10 Å². The molecule has 2 aromatic heterocycles. The molecule has 28 heavy (non-hydrogen) atoms. The smallest absolute Gasteiger partial charge is 0.258 e. The van der Waals surface area contributed by atoms with Crippen molar-refractivity contribution in [2.24, 2.45) is 0 Å². The molecule has 5 nitrogen and oxygen atoms in total. The van der Waals surface area contributed by atoms with Crippen LogP contribution in [-0.2, 0) is 13.0 Å². The second-order valence-electron chi connectivity index (χ2n) is 6.99. The molecule has 142 valence electrons. The Morgan fingerprint density at radius 1 is 1.00 bits per heavy atom. The highest BCUT2D eigenvalue weighted by Crippen LogP contribution is 2.31. The third-order valence-electron chi connectivity index (χ3n) is 5.26. The lowest BCUT2D eigenvalue weighted by Gasteiger charge is -2.12. The number of hydrogen-bond donors (Lipinski definition) is 1. The second kappa shape index (κ2) is 7.72. The monoisotopic (exact) mass is 372 g/mol. The molecule has 0 spiro atoms. The highest BCUT2D eigenvalue weighted by molar-refractivity contribution is 5.88. The Balaban J connectivity index is 1.65. The molecule has 2 heterocycles. The van der Waals surface area contributed by atoms with Crippen molar-refractivity contribution in [1.82, 2.24) is 14.8 Å². The molecule has 0 aliphatic rings. The van der Waals surface area contributed by atoms with Gasteiger partial charge in [-0.25, -0.2) is 0 Å². The molecule has 2 N–H and O–H groups in total. The minimum Gasteiger partial charge on any atom is -0.475 e. The number of hydrogen-bond acceptors (Lipinski definition) is 4. The van der Waals surface area contributed by atoms with Crippen LogP contribution < -0.4 is 10.5 Å². The fourth-order valence-electron chi connectivity index (χ4n) is 3.54. The van der Waals surface area contributed by atoms with E-state index in [1.165, 1.54) is 16.8 Å². The number of nitrogens with two attached hydrogens (primary N) is 1. The number of aromatic nitrogens is 3. The lowest BCUT2D eigenvalue weighted by molar-refractivity contribution is 0.309. The van der Waals surface area contributed by atoms with Crippen LogP contribution in [0, 0.1) is 13.8 Å². The van der Waals surface area contributed by atoms with Crippen LogP contribution in [0.2, 0.25) is 0 Å². The number of nitrogen functional groups attached to an aromatic ring is 1. The minimum absolute atomic E-state index is 0.497. The number of anilines is 1. The molecule has 0 aliphatic heterocycles. The largest absolute Gasteiger partial charge is 0.475 e. The van der Waals surface area contributed by atoms with Crippen LogP contribution in [0.15, 0.2) is 60.8 Å². The van der Waals surface area contributed by atoms with E-state index >= 15 is 0 Å². The molecular weight excluding hydrogens is 348 g/mol. The summed E-state index contributed by atoms with van der Waals surface area (Å²) >= 11 is 0. The van der Waals surface area contributed by atoms with Crippen LogP contribution in [-0.4, -0.2) is 21.4 Å². The van der Waals surface area contributed by atoms with Crippen molar-refractivity contribution in [3.05, 3.63) is 83.2 Å². The molecule has 0 fully saturated rings. The molecule has 0 atom stereocenters. The predicted octanol–water partition coefficient (Wildman–Crippen LogP) is 4.30. The summed E-state index contributed by atoms with van der Waals surface area (Å²) in [7, 11) is 0. The lowest BCUT2D eigenvalue weighted by atomic mass is 10.1. The van der Waals surface area contributed by atoms with Crippen LogP contribution in [0.4, 0.5) is 5.69 Å². The fraction of sp³-hybridized carbons (Fsp3) is 0.217. The van der Waals surface area contributed by atoms with Crippen LogP contribution in [0.1, 0.15) is 22.4 Å². The van der Waals surface area contributed by atoms with Gasteiger partial charge in [0, 0.05) is 29.7 Å². The van der Waals surface area contributed by atoms with Crippen LogP contribution >= 0.6 is 0 Å². The van der Waals surface area contributed by atoms with E-state index in [1.54, 1.807) is 0 Å². The predicted molar refractivity (Wildman–Crippen MR) is 113 cm³/mol. The number of aryl methyl sites for hydroxylation is 1. The SMILES string of the molecule is Cc1c(C)n(Cc2ccccc2)c2c(OCCc3ccccc3N)nncc12. The maximum atomic E-state index is 6.07. The first-order valence-corrected chi connectivity index (χ1v) is 9.46. The fourth-order valence-corrected chi connectivity index (χ4v) is 3.54. The number of para-hydroxylation sites is 1. The van der Waals surface area contributed by atoms with Crippen molar-refractivity contribution < 1.29 is 4.74 Å². The Morgan fingerprint density at radius 3 is 2.54 bits per heavy atom. The average molecular weight is 372 g/mol. The van der Waals surface area contributed by atoms with Crippen LogP contribution in [0.25, 0.3) is 10.9 Å². The van der Waals surface area contributed by atoms with E-state index in [1.807, 2.05) is 36.5 Å². The van der Waals surface area contributed by atoms with Gasteiger partial charge >= 0.3 is 0 Å². The zero-order valence-corrected chi connectivity index (χ0v) is 16.2. The number of fused-ring (bicyclic) bond motifs is 1. The standard InChI is InChI=1S/C23H24N4O/c1-16-17(2)27(15-18-8-4-3-5-9-18)22-20(16)14-25-26-23(22)28-13-12-19-10-6-7-11-21(19)24/h3-11,14H,12-13,15,24H2,1-2H3. The van der Waals surface area contributed by atoms with E-state index in [0.29, 0.717) is 12.5 Å². The van der Waals surface area contributed by atoms with Gasteiger partial charge in [-0.1, -0.05) is 48.5 Å². The molecule has 0 aliphatic carbocycles. The van der Waals surface area contributed by atoms with E-state index in [0.717, 1.165) is 35.1 Å². The second-order valence-corrected chi connectivity index (χ2v) is 6.99. The highest BCUT2D eigenvalue weighted by Gasteiger charge is 2.17. The molecule has 0 saturated carbocycles. The minimum atomic E-state index is 0.497. The normalized spacial score (nSPS) is 11.1. The van der Waals surface area contributed by atoms with E-state index in [4.69, 9.17) is 10.5 Å². The summed E-state index contributed by atoms with van der Waals surface area (Å²) in [4.78, 5) is 0. The number of benzene rings is 2. The summed E-state index contributed by atoms with van der Waals surface area (Å²) in [6, 6.07) is 18.3. The molecule has 4 rings (SSSR count). The first-order valence-electron chi connectivity index (χ1n) is 9.46. The third-order valence-corrected chi connectivity index (χ3v) is 5.26. The van der Waals surface area contributed by atoms with E-state index < -0.39 is 0 Å². The summed E-state index contributed by atoms with van der Waals surface area (Å²) in [6.07, 6.45) is 2.54. The number of nitrogens with zero attached hydrogens (tertiary/aromatic N) is 3. The Labute approximate surface area is 164 Å². The van der Waals surface area contributed by atoms with E-state index in [9.17, 15) is 0 Å². The Hall–Kier alpha value is -3.34. The average Bonchev–Trinajstić information content (AvgIpc) is 2.96. The van der Waals surface area contributed by atoms with E-state index in [2.05, 4.69) is 52.9 Å². The van der Waals surface area contributed by atoms with Gasteiger partial charge in [0.1, 0.15) is 5.52 Å². The summed E-state index contributed by atoms with van der Waals surface area (Å²) in [5.41, 5.74) is 12.5. The van der Waals surface area contributed by atoms with Crippen LogP contribution in [0.3, 0.4) is 0 Å². The Bertz CT molecular complexity index is 1100. The summed E-state index contributed by atoms with van der Waals surface area (Å²) in [5, 5.41) is 9.54. The zero-order chi connectivity index (χ0) is 19.5. The Kier molecular flexibility index (Phi) is 4.98. The molecule has 0 bridgehead atoms. The van der Waals surface area contributed by atoms with Gasteiger partial charge in [0.05, 0.1) is 12.8 Å². The van der Waals surface area contributed by atoms with Gasteiger partial charge in [0.2, 0.25) is 0 Å². The van der Waals surface area contributed by atoms with Gasteiger partial charge in [-0.05, 0) is 36.6 Å². The highest BCUT2D eigenvalue weighted by atomic mass is 16.5. The van der Waals surface area contributed by atoms with Crippen molar-refractivity contribution in [3.63, 3.8) is 0 Å². The topological polar surface area (TPSA) is 66.0 Å². The maximum absolute atomic E-state index is 6.07. The number of ether oxygens (including phenoxy) is 1. The molecule has 2 aromatic carbocycles. The van der Waals surface area contributed by atoms with Gasteiger partial charge in [0.15, 0.2) is 0 Å². The number of rotatable bonds is 6. The maximum Gasteiger partial charge on any atom is 0.258 e. The summed E-state index contributed by atoms with van der Waals surface area (Å²) in [5.74, 6) is 0.569. The quantitative estimate of drug-likeness (QED) is 0.513. The van der Waals surface area contributed by atoms with Crippen molar-refractivity contribution in [2.75, 3.05) is 12.3 Å². The zero-order valence-electron chi connectivity index (χ0n) is 16.2. The first-order chi connectivity index (χ1) is 13.6. The third kappa shape index (κ3) is 3.43. The van der Waals surface area contributed by atoms with Crippen molar-refractivity contribution in [1.29, 1.82) is 0 Å². The van der Waals surface area contributed by atoms with Crippen molar-refractivity contribution in [2.45, 2.75) is 26.8 Å². The molecule has 0 saturated heterocycles. The van der Waals surface area contributed by atoms with E-state index in [-0.39, 0.29) is 0 Å². The summed E-state index contributed by atoms with van der Waals surface area (Å²) < 4.78 is 8.34. The first kappa shape index (κ1) is 18.0. The lowest BCUT2D eigenvalue weighted by Crippen LogP contribution is -2.08. The van der Waals surface area contributed by atoms with Gasteiger partial charge < -0.3 is 15.0 Å². The Morgan fingerprint density at radius 2 is 1.75 bits per heavy atom. The molecule has 0 amide bonds. The molecular formula is C23H24N4O. The van der Waals surface area contributed by atoms with Crippen molar-refractivity contribution in [3.8, 4) is 5.88 Å². The van der Waals surface area contributed by atoms with Crippen molar-refractivity contribution >= 4 is 16.6 Å². The van der Waals surface area contributed by atoms with Crippen LogP contribution in [0.5, 0.6) is 5.88 Å². The molecule has 4 aromatic rings. The molecule has 0 unspecified atom stereocenters. The van der Waals surface area contributed by atoms with Gasteiger partial charge in [-0.2, -0.15) is 5.10 Å². The van der Waals surface area contributed by atoms with Gasteiger partial charge in [0.25, 0.3) is 5.88 Å². The summed E-state index contributed by atoms with van der Waals surface area (Å²) in [6.45, 7) is 5.52. The molecule has 5 heteroatoms. The molecule has 0 radical (unpaired) electrons. The van der Waals surface area contributed by atoms with Gasteiger partial charge in [-0.3, -0.25) is 0 Å².